The molecule has 0 aliphatic heterocycles. The molecule has 2 aromatic carbocycles. The fourth-order valence-corrected chi connectivity index (χ4v) is 6.72. The number of fused-ring (bicyclic) bond motifs is 3. The Morgan fingerprint density at radius 2 is 1.72 bits per heavy atom. The summed E-state index contributed by atoms with van der Waals surface area (Å²) in [5, 5.41) is 12.5. The number of aryl methyl sites for hydroxylation is 1. The Morgan fingerprint density at radius 1 is 1.00 bits per heavy atom. The Balaban J connectivity index is 1.53. The van der Waals surface area contributed by atoms with Crippen molar-refractivity contribution in [3.63, 3.8) is 0 Å². The molecular formula is C38H44F4N6O6. The number of carbonyl (C=O) groups is 4. The highest BCUT2D eigenvalue weighted by molar-refractivity contribution is 5.97. The molecule has 0 radical (unpaired) electrons. The number of hydrogen-bond acceptors (Lipinski definition) is 8. The Bertz CT molecular complexity index is 2010. The number of esters is 1. The van der Waals surface area contributed by atoms with Crippen LogP contribution in [0.2, 0.25) is 0 Å². The van der Waals surface area contributed by atoms with Gasteiger partial charge in [0.05, 0.1) is 24.1 Å². The van der Waals surface area contributed by atoms with Gasteiger partial charge in [-0.25, -0.2) is 9.18 Å². The first-order chi connectivity index (χ1) is 25.6. The lowest BCUT2D eigenvalue weighted by atomic mass is 9.78. The molecular weight excluding hydrogens is 712 g/mol. The smallest absolute Gasteiger partial charge is 0.418 e. The minimum absolute atomic E-state index is 0.0344. The molecule has 290 valence electrons. The summed E-state index contributed by atoms with van der Waals surface area (Å²) in [4.78, 5) is 61.7. The van der Waals surface area contributed by atoms with E-state index in [1.807, 2.05) is 20.8 Å². The molecule has 0 fully saturated rings. The maximum atomic E-state index is 14.7. The topological polar surface area (TPSA) is 168 Å². The molecule has 1 aliphatic carbocycles. The van der Waals surface area contributed by atoms with Crippen molar-refractivity contribution in [3.8, 4) is 0 Å². The zero-order valence-corrected chi connectivity index (χ0v) is 30.7. The largest absolute Gasteiger partial charge is 0.460 e. The summed E-state index contributed by atoms with van der Waals surface area (Å²) in [6.07, 6.45) is -4.19. The number of nitrogens with one attached hydrogen (secondary N) is 4. The first-order valence-electron chi connectivity index (χ1n) is 18.0. The molecule has 1 aliphatic rings. The van der Waals surface area contributed by atoms with Crippen molar-refractivity contribution in [2.24, 2.45) is 11.8 Å². The van der Waals surface area contributed by atoms with Gasteiger partial charge in [0.25, 0.3) is 5.82 Å². The van der Waals surface area contributed by atoms with E-state index in [-0.39, 0.29) is 66.4 Å². The molecule has 16 heteroatoms. The molecule has 0 saturated carbocycles. The van der Waals surface area contributed by atoms with E-state index in [0.717, 1.165) is 6.07 Å². The van der Waals surface area contributed by atoms with Crippen molar-refractivity contribution >= 4 is 34.6 Å². The number of aromatic amines is 1. The van der Waals surface area contributed by atoms with E-state index in [4.69, 9.17) is 9.26 Å². The van der Waals surface area contributed by atoms with Crippen LogP contribution in [0.1, 0.15) is 98.8 Å². The maximum Gasteiger partial charge on any atom is 0.418 e. The van der Waals surface area contributed by atoms with Crippen LogP contribution < -0.4 is 16.0 Å². The monoisotopic (exact) mass is 756 g/mol. The minimum atomic E-state index is -4.66. The van der Waals surface area contributed by atoms with Gasteiger partial charge in [0.1, 0.15) is 23.4 Å². The zero-order chi connectivity index (χ0) is 39.4. The number of para-hydroxylation sites is 1. The maximum absolute atomic E-state index is 14.7. The average Bonchev–Trinajstić information content (AvgIpc) is 3.78. The van der Waals surface area contributed by atoms with Crippen molar-refractivity contribution in [1.82, 2.24) is 31.1 Å². The number of hydrogen-bond donors (Lipinski definition) is 4. The van der Waals surface area contributed by atoms with Gasteiger partial charge in [-0.3, -0.25) is 14.4 Å². The van der Waals surface area contributed by atoms with Gasteiger partial charge in [0.2, 0.25) is 23.6 Å². The third-order valence-electron chi connectivity index (χ3n) is 10.2. The lowest BCUT2D eigenvalue weighted by Gasteiger charge is -2.39. The van der Waals surface area contributed by atoms with E-state index in [9.17, 15) is 36.7 Å². The van der Waals surface area contributed by atoms with E-state index < -0.39 is 64.8 Å². The normalized spacial score (nSPS) is 17.9. The van der Waals surface area contributed by atoms with E-state index in [0.29, 0.717) is 24.1 Å². The van der Waals surface area contributed by atoms with Crippen molar-refractivity contribution in [2.75, 3.05) is 6.61 Å². The molecule has 2 aromatic heterocycles. The number of benzene rings is 2. The second kappa shape index (κ2) is 16.4. The van der Waals surface area contributed by atoms with Crippen LogP contribution in [-0.4, -0.2) is 57.0 Å². The number of amides is 3. The van der Waals surface area contributed by atoms with Crippen molar-refractivity contribution < 1.29 is 46.0 Å². The highest BCUT2D eigenvalue weighted by Crippen LogP contribution is 2.40. The molecule has 3 amide bonds. The van der Waals surface area contributed by atoms with E-state index in [1.54, 1.807) is 19.9 Å². The van der Waals surface area contributed by atoms with Crippen LogP contribution in [0.5, 0.6) is 0 Å². The minimum Gasteiger partial charge on any atom is -0.460 e. The summed E-state index contributed by atoms with van der Waals surface area (Å²) >= 11 is 0. The molecule has 2 heterocycles. The number of alkyl halides is 3. The summed E-state index contributed by atoms with van der Waals surface area (Å²) in [5.74, 6) is -4.62. The number of ether oxygens (including phenoxy) is 1. The highest BCUT2D eigenvalue weighted by atomic mass is 19.4. The Hall–Kier alpha value is -5.28. The van der Waals surface area contributed by atoms with Crippen molar-refractivity contribution in [1.29, 1.82) is 0 Å². The third kappa shape index (κ3) is 8.42. The number of rotatable bonds is 14. The molecule has 5 rings (SSSR count). The van der Waals surface area contributed by atoms with Gasteiger partial charge < -0.3 is 30.2 Å². The van der Waals surface area contributed by atoms with E-state index in [1.165, 1.54) is 30.3 Å². The molecule has 0 bridgehead atoms. The Morgan fingerprint density at radius 3 is 2.39 bits per heavy atom. The van der Waals surface area contributed by atoms with Crippen LogP contribution in [0.25, 0.3) is 10.9 Å². The molecule has 4 unspecified atom stereocenters. The van der Waals surface area contributed by atoms with Crippen LogP contribution in [0.15, 0.2) is 47.0 Å². The number of H-pyrrole nitrogens is 1. The zero-order valence-electron chi connectivity index (χ0n) is 30.7. The van der Waals surface area contributed by atoms with Gasteiger partial charge in [0, 0.05) is 17.5 Å². The van der Waals surface area contributed by atoms with Gasteiger partial charge >= 0.3 is 12.1 Å². The first-order valence-corrected chi connectivity index (χ1v) is 18.0. The molecule has 12 nitrogen and oxygen atoms in total. The predicted molar refractivity (Wildman–Crippen MR) is 188 cm³/mol. The SMILES string of the molecule is CCOC(=O)c1noc(C(NC(=O)[C@@]2(NC(=O)C(NC(=O)Cc3ccccc3F)C(C)CC)CCc3[nH]c4c(C(F)(F)F)cccc4c3C2)C(C)CC)n1. The van der Waals surface area contributed by atoms with Crippen molar-refractivity contribution in [3.05, 3.63) is 82.4 Å². The van der Waals surface area contributed by atoms with Gasteiger partial charge in [-0.15, -0.1) is 0 Å². The third-order valence-corrected chi connectivity index (χ3v) is 10.2. The summed E-state index contributed by atoms with van der Waals surface area (Å²) in [5.41, 5.74) is -1.70. The molecule has 4 N–H and O–H groups in total. The van der Waals surface area contributed by atoms with E-state index >= 15 is 0 Å². The summed E-state index contributed by atoms with van der Waals surface area (Å²) in [7, 11) is 0. The number of halogens is 4. The quantitative estimate of drug-likeness (QED) is 0.0911. The summed E-state index contributed by atoms with van der Waals surface area (Å²) in [6.45, 7) is 8.92. The number of carbonyl (C=O) groups excluding carboxylic acids is 4. The highest BCUT2D eigenvalue weighted by Gasteiger charge is 2.47. The first kappa shape index (κ1) is 39.9. The van der Waals surface area contributed by atoms with Gasteiger partial charge in [-0.05, 0) is 60.0 Å². The Labute approximate surface area is 309 Å². The molecule has 4 aromatic rings. The second-order valence-electron chi connectivity index (χ2n) is 13.8. The Kier molecular flexibility index (Phi) is 12.1. The standard InChI is InChI=1S/C38H44F4N6O6/c1-6-20(4)29(44-28(49)18-22-12-9-10-15-26(22)39)33(50)47-37(17-16-27-24(19-37)23-13-11-14-25(31(23)43-27)38(40,41)42)36(52)45-30(21(5)7-2)34-46-32(48-54-34)35(51)53-8-3/h9-15,20-21,29-30,43H,6-8,16-19H2,1-5H3,(H,44,49)(H,45,52)(H,47,50)/t20?,21?,29?,30?,37-/m1/s1. The van der Waals surface area contributed by atoms with Crippen LogP contribution in [0.4, 0.5) is 17.6 Å². The van der Waals surface area contributed by atoms with Crippen molar-refractivity contribution in [2.45, 2.75) is 96.9 Å². The molecule has 54 heavy (non-hydrogen) atoms. The van der Waals surface area contributed by atoms with Crippen LogP contribution in [0, 0.1) is 17.7 Å². The lowest BCUT2D eigenvalue weighted by molar-refractivity contribution is -0.137. The van der Waals surface area contributed by atoms with E-state index in [2.05, 4.69) is 31.1 Å². The van der Waals surface area contributed by atoms with Crippen LogP contribution >= 0.6 is 0 Å². The second-order valence-corrected chi connectivity index (χ2v) is 13.8. The van der Waals surface area contributed by atoms with Gasteiger partial charge in [-0.1, -0.05) is 70.9 Å². The number of nitrogens with zero attached hydrogens (tertiary/aromatic N) is 2. The van der Waals surface area contributed by atoms with Gasteiger partial charge in [0.15, 0.2) is 0 Å². The van der Waals surface area contributed by atoms with Crippen LogP contribution in [-0.2, 0) is 44.6 Å². The molecule has 0 spiro atoms. The fraction of sp³-hybridized carbons (Fsp3) is 0.474. The molecule has 0 saturated heterocycles. The predicted octanol–water partition coefficient (Wildman–Crippen LogP) is 5.91. The lowest BCUT2D eigenvalue weighted by Crippen LogP contribution is -2.65. The number of aromatic nitrogens is 3. The average molecular weight is 757 g/mol. The summed E-state index contributed by atoms with van der Waals surface area (Å²) in [6, 6.07) is 7.45. The van der Waals surface area contributed by atoms with Crippen LogP contribution in [0.3, 0.4) is 0 Å². The fourth-order valence-electron chi connectivity index (χ4n) is 6.72. The molecule has 5 atom stereocenters. The summed E-state index contributed by atoms with van der Waals surface area (Å²) < 4.78 is 66.9. The van der Waals surface area contributed by atoms with Gasteiger partial charge in [-0.2, -0.15) is 18.2 Å².